The summed E-state index contributed by atoms with van der Waals surface area (Å²) in [5.74, 6) is 0.891. The topological polar surface area (TPSA) is 126 Å². The number of aromatic nitrogens is 4. The SMILES string of the molecule is COc1cc(NCc2cnc(C(=O)Nc3cccc(-c4cccc(NC(=O)c5nc6c(n5C)CCN(C)C6)c4C)c3C)cc2C2CC2)ccn1. The van der Waals surface area contributed by atoms with Crippen LogP contribution in [0.25, 0.3) is 11.1 Å². The van der Waals surface area contributed by atoms with Gasteiger partial charge in [-0.1, -0.05) is 24.3 Å². The van der Waals surface area contributed by atoms with Crippen LogP contribution in [0.1, 0.15) is 73.5 Å². The van der Waals surface area contributed by atoms with E-state index in [9.17, 15) is 9.59 Å². The fraction of sp³-hybridized carbons (Fsp3) is 0.308. The first-order valence-corrected chi connectivity index (χ1v) is 17.0. The Balaban J connectivity index is 1.08. The van der Waals surface area contributed by atoms with Crippen molar-refractivity contribution in [2.24, 2.45) is 7.05 Å². The van der Waals surface area contributed by atoms with Crippen molar-refractivity contribution in [1.29, 1.82) is 0 Å². The molecule has 1 fully saturated rings. The zero-order chi connectivity index (χ0) is 34.9. The van der Waals surface area contributed by atoms with E-state index in [0.717, 1.165) is 82.8 Å². The summed E-state index contributed by atoms with van der Waals surface area (Å²) < 4.78 is 7.16. The van der Waals surface area contributed by atoms with E-state index in [1.54, 1.807) is 19.5 Å². The number of hydrogen-bond acceptors (Lipinski definition) is 8. The Labute approximate surface area is 292 Å². The Morgan fingerprint density at radius 3 is 2.30 bits per heavy atom. The second kappa shape index (κ2) is 13.8. The highest BCUT2D eigenvalue weighted by Gasteiger charge is 2.28. The van der Waals surface area contributed by atoms with Crippen LogP contribution in [0.2, 0.25) is 0 Å². The molecule has 11 nitrogen and oxygen atoms in total. The lowest BCUT2D eigenvalue weighted by atomic mass is 9.94. The van der Waals surface area contributed by atoms with Crippen molar-refractivity contribution in [2.45, 2.75) is 52.1 Å². The summed E-state index contributed by atoms with van der Waals surface area (Å²) in [5, 5.41) is 9.65. The molecule has 0 unspecified atom stereocenters. The lowest BCUT2D eigenvalue weighted by molar-refractivity contribution is 0.100. The van der Waals surface area contributed by atoms with E-state index in [0.29, 0.717) is 41.2 Å². The van der Waals surface area contributed by atoms with Crippen molar-refractivity contribution in [3.63, 3.8) is 0 Å². The molecule has 50 heavy (non-hydrogen) atoms. The number of benzene rings is 2. The molecule has 0 atom stereocenters. The van der Waals surface area contributed by atoms with Crippen molar-refractivity contribution >= 4 is 28.9 Å². The number of methoxy groups -OCH3 is 1. The van der Waals surface area contributed by atoms with E-state index < -0.39 is 0 Å². The lowest BCUT2D eigenvalue weighted by Crippen LogP contribution is -2.27. The zero-order valence-electron chi connectivity index (χ0n) is 29.1. The van der Waals surface area contributed by atoms with Crippen LogP contribution in [0.4, 0.5) is 17.1 Å². The number of hydrogen-bond donors (Lipinski definition) is 3. The lowest BCUT2D eigenvalue weighted by Gasteiger charge is -2.21. The number of anilines is 3. The van der Waals surface area contributed by atoms with Gasteiger partial charge < -0.3 is 30.2 Å². The second-order valence-corrected chi connectivity index (χ2v) is 13.2. The largest absolute Gasteiger partial charge is 0.481 e. The van der Waals surface area contributed by atoms with Crippen LogP contribution in [-0.4, -0.2) is 56.9 Å². The van der Waals surface area contributed by atoms with Crippen molar-refractivity contribution in [3.05, 3.63) is 112 Å². The average Bonchev–Trinajstić information content (AvgIpc) is 3.92. The Hall–Kier alpha value is -5.55. The number of imidazole rings is 1. The first-order valence-electron chi connectivity index (χ1n) is 17.0. The number of carbonyl (C=O) groups excluding carboxylic acids is 2. The molecule has 5 aromatic rings. The molecule has 3 N–H and O–H groups in total. The minimum absolute atomic E-state index is 0.236. The third-order valence-electron chi connectivity index (χ3n) is 9.80. The van der Waals surface area contributed by atoms with Gasteiger partial charge in [0.1, 0.15) is 5.69 Å². The van der Waals surface area contributed by atoms with Crippen LogP contribution in [0.5, 0.6) is 5.88 Å². The minimum atomic E-state index is -0.257. The maximum absolute atomic E-state index is 13.6. The summed E-state index contributed by atoms with van der Waals surface area (Å²) in [6.07, 6.45) is 6.58. The molecule has 2 aromatic carbocycles. The van der Waals surface area contributed by atoms with Crippen LogP contribution in [0, 0.1) is 13.8 Å². The molecule has 256 valence electrons. The summed E-state index contributed by atoms with van der Waals surface area (Å²) in [4.78, 5) is 42.7. The van der Waals surface area contributed by atoms with E-state index in [1.165, 1.54) is 0 Å². The fourth-order valence-corrected chi connectivity index (χ4v) is 6.73. The molecule has 2 aliphatic rings. The smallest absolute Gasteiger partial charge is 0.291 e. The molecule has 3 aromatic heterocycles. The standard InChI is InChI=1S/C39H42N8O3/c1-23-28(29-9-7-11-32(24(29)2)45-39(49)37-43-34-22-46(3)17-15-35(34)47(37)4)8-6-10-31(23)44-38(48)33-19-30(25-12-13-25)26(21-42-33)20-41-27-14-16-40-36(18-27)50-5/h6-11,14,16,18-19,21,25H,12-13,15,17,20,22H2,1-5H3,(H,40,41)(H,44,48)(H,45,49). The fourth-order valence-electron chi connectivity index (χ4n) is 6.73. The van der Waals surface area contributed by atoms with Crippen LogP contribution < -0.4 is 20.7 Å². The predicted octanol–water partition coefficient (Wildman–Crippen LogP) is 6.48. The molecular weight excluding hydrogens is 628 g/mol. The second-order valence-electron chi connectivity index (χ2n) is 13.2. The van der Waals surface area contributed by atoms with Gasteiger partial charge in [-0.25, -0.2) is 9.97 Å². The number of pyridine rings is 2. The predicted molar refractivity (Wildman–Crippen MR) is 195 cm³/mol. The van der Waals surface area contributed by atoms with Gasteiger partial charge in [0, 0.05) is 74.3 Å². The summed E-state index contributed by atoms with van der Waals surface area (Å²) in [6, 6.07) is 17.4. The summed E-state index contributed by atoms with van der Waals surface area (Å²) in [6.45, 7) is 6.26. The highest BCUT2D eigenvalue weighted by molar-refractivity contribution is 6.05. The molecule has 1 saturated carbocycles. The Morgan fingerprint density at radius 1 is 0.920 bits per heavy atom. The molecule has 1 aliphatic heterocycles. The number of carbonyl (C=O) groups is 2. The third-order valence-corrected chi connectivity index (χ3v) is 9.80. The maximum Gasteiger partial charge on any atom is 0.291 e. The first kappa shape index (κ1) is 33.0. The summed E-state index contributed by atoms with van der Waals surface area (Å²) in [5.41, 5.74) is 10.8. The highest BCUT2D eigenvalue weighted by atomic mass is 16.5. The van der Waals surface area contributed by atoms with Crippen molar-refractivity contribution in [3.8, 4) is 17.0 Å². The number of fused-ring (bicyclic) bond motifs is 1. The van der Waals surface area contributed by atoms with E-state index in [4.69, 9.17) is 9.72 Å². The molecule has 1 aliphatic carbocycles. The van der Waals surface area contributed by atoms with Crippen molar-refractivity contribution in [1.82, 2.24) is 24.4 Å². The minimum Gasteiger partial charge on any atom is -0.481 e. The number of nitrogens with zero attached hydrogens (tertiary/aromatic N) is 5. The van der Waals surface area contributed by atoms with E-state index >= 15 is 0 Å². The summed E-state index contributed by atoms with van der Waals surface area (Å²) in [7, 11) is 5.57. The van der Waals surface area contributed by atoms with Gasteiger partial charge in [-0.2, -0.15) is 0 Å². The van der Waals surface area contributed by atoms with Crippen LogP contribution in [0.15, 0.2) is 67.0 Å². The molecule has 2 amide bonds. The van der Waals surface area contributed by atoms with Crippen molar-refractivity contribution in [2.75, 3.05) is 36.7 Å². The van der Waals surface area contributed by atoms with Crippen LogP contribution >= 0.6 is 0 Å². The van der Waals surface area contributed by atoms with Gasteiger partial charge >= 0.3 is 0 Å². The molecule has 0 bridgehead atoms. The maximum atomic E-state index is 13.6. The van der Waals surface area contributed by atoms with Crippen molar-refractivity contribution < 1.29 is 14.3 Å². The van der Waals surface area contributed by atoms with Gasteiger partial charge in [0.2, 0.25) is 5.88 Å². The molecule has 7 rings (SSSR count). The number of amides is 2. The molecule has 0 spiro atoms. The Bertz CT molecular complexity index is 2100. The van der Waals surface area contributed by atoms with Gasteiger partial charge in [0.15, 0.2) is 5.82 Å². The van der Waals surface area contributed by atoms with Gasteiger partial charge in [0.05, 0.1) is 12.8 Å². The number of ether oxygens (including phenoxy) is 1. The normalized spacial score (nSPS) is 14.2. The van der Waals surface area contributed by atoms with Gasteiger partial charge in [-0.3, -0.25) is 14.6 Å². The Morgan fingerprint density at radius 2 is 1.62 bits per heavy atom. The summed E-state index contributed by atoms with van der Waals surface area (Å²) >= 11 is 0. The first-order chi connectivity index (χ1) is 24.2. The average molecular weight is 671 g/mol. The number of nitrogens with one attached hydrogen (secondary N) is 3. The number of rotatable bonds is 10. The van der Waals surface area contributed by atoms with Crippen LogP contribution in [0.3, 0.4) is 0 Å². The molecule has 0 radical (unpaired) electrons. The third kappa shape index (κ3) is 6.69. The zero-order valence-corrected chi connectivity index (χ0v) is 29.1. The molecular formula is C39H42N8O3. The monoisotopic (exact) mass is 670 g/mol. The van der Waals surface area contributed by atoms with Crippen LogP contribution in [-0.2, 0) is 26.6 Å². The van der Waals surface area contributed by atoms with E-state index in [-0.39, 0.29) is 11.8 Å². The van der Waals surface area contributed by atoms with Gasteiger partial charge in [0.25, 0.3) is 11.8 Å². The quantitative estimate of drug-likeness (QED) is 0.154. The number of likely N-dealkylation sites (N-methyl/N-ethyl adjacent to an activating group) is 1. The van der Waals surface area contributed by atoms with Gasteiger partial charge in [-0.15, -0.1) is 0 Å². The highest BCUT2D eigenvalue weighted by Crippen LogP contribution is 2.42. The van der Waals surface area contributed by atoms with E-state index in [2.05, 4.69) is 37.9 Å². The van der Waals surface area contributed by atoms with E-state index in [1.807, 2.05) is 80.1 Å². The Kier molecular flexibility index (Phi) is 9.07. The molecule has 0 saturated heterocycles. The molecule has 11 heteroatoms. The van der Waals surface area contributed by atoms with Gasteiger partial charge in [-0.05, 0) is 97.3 Å². The molecule has 4 heterocycles.